The molecule has 1 saturated carbocycles. The summed E-state index contributed by atoms with van der Waals surface area (Å²) in [6, 6.07) is 0.397. The van der Waals surface area contributed by atoms with E-state index in [1.54, 1.807) is 0 Å². The van der Waals surface area contributed by atoms with Crippen molar-refractivity contribution >= 4 is 5.91 Å². The third-order valence-corrected chi connectivity index (χ3v) is 5.57. The molecule has 1 aromatic rings. The number of carbonyl (C=O) groups is 1. The number of allylic oxidation sites excluding steroid dienone is 2. The first-order chi connectivity index (χ1) is 11.3. The Balaban J connectivity index is 1.34. The van der Waals surface area contributed by atoms with E-state index in [1.165, 1.54) is 12.8 Å². The molecule has 0 bridgehead atoms. The predicted molar refractivity (Wildman–Crippen MR) is 87.7 cm³/mol. The summed E-state index contributed by atoms with van der Waals surface area (Å²) in [5, 5.41) is 8.39. The van der Waals surface area contributed by atoms with Gasteiger partial charge in [0.2, 0.25) is 5.91 Å². The molecule has 5 nitrogen and oxygen atoms in total. The number of rotatable bonds is 6. The molecule has 0 aromatic carbocycles. The second-order valence-corrected chi connectivity index (χ2v) is 7.35. The summed E-state index contributed by atoms with van der Waals surface area (Å²) in [6.45, 7) is 2.01. The van der Waals surface area contributed by atoms with E-state index in [0.717, 1.165) is 63.4 Å². The van der Waals surface area contributed by atoms with Gasteiger partial charge in [-0.1, -0.05) is 12.2 Å². The smallest absolute Gasteiger partial charge is 0.226 e. The Bertz CT molecular complexity index is 582. The van der Waals surface area contributed by atoms with E-state index in [2.05, 4.69) is 31.8 Å². The first kappa shape index (κ1) is 14.9. The highest BCUT2D eigenvalue weighted by Crippen LogP contribution is 2.31. The van der Waals surface area contributed by atoms with E-state index >= 15 is 0 Å². The highest BCUT2D eigenvalue weighted by Gasteiger charge is 2.33. The van der Waals surface area contributed by atoms with Gasteiger partial charge in [-0.05, 0) is 50.9 Å². The van der Waals surface area contributed by atoms with Gasteiger partial charge in [-0.15, -0.1) is 10.2 Å². The van der Waals surface area contributed by atoms with Gasteiger partial charge in [-0.3, -0.25) is 4.79 Å². The van der Waals surface area contributed by atoms with Crippen molar-refractivity contribution in [3.05, 3.63) is 24.3 Å². The highest BCUT2D eigenvalue weighted by molar-refractivity contribution is 5.80. The number of aromatic nitrogens is 3. The molecule has 0 spiro atoms. The maximum Gasteiger partial charge on any atom is 0.226 e. The van der Waals surface area contributed by atoms with Gasteiger partial charge < -0.3 is 9.47 Å². The Morgan fingerprint density at radius 3 is 2.83 bits per heavy atom. The molecule has 2 heterocycles. The number of likely N-dealkylation sites (tertiary alicyclic amines) is 1. The summed E-state index contributed by atoms with van der Waals surface area (Å²) in [5.41, 5.74) is 0. The van der Waals surface area contributed by atoms with E-state index in [1.807, 2.05) is 6.33 Å². The summed E-state index contributed by atoms with van der Waals surface area (Å²) < 4.78 is 2.22. The second-order valence-electron chi connectivity index (χ2n) is 7.35. The summed E-state index contributed by atoms with van der Waals surface area (Å²) in [6.07, 6.45) is 15.0. The van der Waals surface area contributed by atoms with E-state index in [0.29, 0.717) is 11.9 Å². The minimum absolute atomic E-state index is 0.203. The fraction of sp³-hybridized carbons (Fsp3) is 0.722. The van der Waals surface area contributed by atoms with Gasteiger partial charge in [0.1, 0.15) is 12.2 Å². The molecule has 23 heavy (non-hydrogen) atoms. The Morgan fingerprint density at radius 2 is 2.04 bits per heavy atom. The number of amides is 1. The maximum absolute atomic E-state index is 12.7. The van der Waals surface area contributed by atoms with E-state index < -0.39 is 0 Å². The standard InChI is InChI=1S/C18H26N4O/c23-18(15-4-1-2-5-15)22-11-3-6-16(22)9-10-17-20-19-13-21(17)12-14-7-8-14/h1-2,13-16H,3-12H2. The number of hydrogen-bond acceptors (Lipinski definition) is 3. The van der Waals surface area contributed by atoms with Gasteiger partial charge in [0, 0.05) is 31.5 Å². The van der Waals surface area contributed by atoms with Crippen LogP contribution in [0.15, 0.2) is 18.5 Å². The van der Waals surface area contributed by atoms with Crippen LogP contribution < -0.4 is 0 Å². The van der Waals surface area contributed by atoms with E-state index in [9.17, 15) is 4.79 Å². The van der Waals surface area contributed by atoms with Gasteiger partial charge in [-0.2, -0.15) is 0 Å². The molecular weight excluding hydrogens is 288 g/mol. The van der Waals surface area contributed by atoms with Gasteiger partial charge in [0.25, 0.3) is 0 Å². The van der Waals surface area contributed by atoms with Crippen LogP contribution in [0.25, 0.3) is 0 Å². The van der Waals surface area contributed by atoms with Crippen LogP contribution in [0, 0.1) is 11.8 Å². The lowest BCUT2D eigenvalue weighted by Gasteiger charge is -2.27. The third-order valence-electron chi connectivity index (χ3n) is 5.57. The fourth-order valence-corrected chi connectivity index (χ4v) is 3.98. The fourth-order valence-electron chi connectivity index (χ4n) is 3.98. The molecule has 4 rings (SSSR count). The molecular formula is C18H26N4O. The number of carbonyl (C=O) groups excluding carboxylic acids is 1. The molecule has 1 atom stereocenters. The van der Waals surface area contributed by atoms with Crippen LogP contribution in [0.1, 0.15) is 50.8 Å². The van der Waals surface area contributed by atoms with Crippen LogP contribution >= 0.6 is 0 Å². The molecule has 1 saturated heterocycles. The van der Waals surface area contributed by atoms with Gasteiger partial charge in [-0.25, -0.2) is 0 Å². The normalized spacial score (nSPS) is 24.7. The Morgan fingerprint density at radius 1 is 1.22 bits per heavy atom. The molecule has 0 radical (unpaired) electrons. The topological polar surface area (TPSA) is 51.0 Å². The monoisotopic (exact) mass is 314 g/mol. The first-order valence-electron chi connectivity index (χ1n) is 9.13. The van der Waals surface area contributed by atoms with Crippen molar-refractivity contribution in [2.75, 3.05) is 6.54 Å². The number of nitrogens with zero attached hydrogens (tertiary/aromatic N) is 4. The molecule has 1 unspecified atom stereocenters. The SMILES string of the molecule is O=C(C1CC=CC1)N1CCCC1CCc1nncn1CC1CC1. The van der Waals surface area contributed by atoms with Crippen molar-refractivity contribution in [3.8, 4) is 0 Å². The van der Waals surface area contributed by atoms with Gasteiger partial charge >= 0.3 is 0 Å². The largest absolute Gasteiger partial charge is 0.339 e. The van der Waals surface area contributed by atoms with Crippen LogP contribution in [0.2, 0.25) is 0 Å². The zero-order chi connectivity index (χ0) is 15.6. The van der Waals surface area contributed by atoms with Crippen molar-refractivity contribution in [3.63, 3.8) is 0 Å². The van der Waals surface area contributed by atoms with Crippen LogP contribution in [-0.4, -0.2) is 38.2 Å². The van der Waals surface area contributed by atoms with Crippen LogP contribution in [-0.2, 0) is 17.8 Å². The van der Waals surface area contributed by atoms with Crippen molar-refractivity contribution in [1.82, 2.24) is 19.7 Å². The Hall–Kier alpha value is -1.65. The summed E-state index contributed by atoms with van der Waals surface area (Å²) in [5.74, 6) is 2.51. The van der Waals surface area contributed by atoms with Crippen molar-refractivity contribution < 1.29 is 4.79 Å². The van der Waals surface area contributed by atoms with Crippen molar-refractivity contribution in [1.29, 1.82) is 0 Å². The molecule has 1 aromatic heterocycles. The van der Waals surface area contributed by atoms with Crippen molar-refractivity contribution in [2.45, 2.75) is 64.0 Å². The van der Waals surface area contributed by atoms with Crippen LogP contribution in [0.3, 0.4) is 0 Å². The van der Waals surface area contributed by atoms with E-state index in [-0.39, 0.29) is 5.92 Å². The van der Waals surface area contributed by atoms with Crippen molar-refractivity contribution in [2.24, 2.45) is 11.8 Å². The zero-order valence-corrected chi connectivity index (χ0v) is 13.7. The number of aryl methyl sites for hydroxylation is 1. The maximum atomic E-state index is 12.7. The third kappa shape index (κ3) is 3.33. The predicted octanol–water partition coefficient (Wildman–Crippen LogP) is 2.58. The molecule has 5 heteroatoms. The number of hydrogen-bond donors (Lipinski definition) is 0. The Kier molecular flexibility index (Phi) is 4.19. The quantitative estimate of drug-likeness (QED) is 0.758. The minimum atomic E-state index is 0.203. The molecule has 1 aliphatic heterocycles. The molecule has 3 aliphatic rings. The van der Waals surface area contributed by atoms with E-state index in [4.69, 9.17) is 0 Å². The first-order valence-corrected chi connectivity index (χ1v) is 9.13. The molecule has 124 valence electrons. The van der Waals surface area contributed by atoms with Crippen LogP contribution in [0.4, 0.5) is 0 Å². The lowest BCUT2D eigenvalue weighted by Crippen LogP contribution is -2.39. The average Bonchev–Trinajstić information content (AvgIpc) is 3.03. The Labute approximate surface area is 137 Å². The zero-order valence-electron chi connectivity index (χ0n) is 13.7. The van der Waals surface area contributed by atoms with Gasteiger partial charge in [0.15, 0.2) is 0 Å². The minimum Gasteiger partial charge on any atom is -0.339 e. The molecule has 0 N–H and O–H groups in total. The average molecular weight is 314 g/mol. The molecule has 2 aliphatic carbocycles. The molecule has 1 amide bonds. The van der Waals surface area contributed by atoms with Gasteiger partial charge in [0.05, 0.1) is 0 Å². The summed E-state index contributed by atoms with van der Waals surface area (Å²) >= 11 is 0. The highest BCUT2D eigenvalue weighted by atomic mass is 16.2. The lowest BCUT2D eigenvalue weighted by atomic mass is 10.0. The summed E-state index contributed by atoms with van der Waals surface area (Å²) in [7, 11) is 0. The molecule has 2 fully saturated rings. The summed E-state index contributed by atoms with van der Waals surface area (Å²) in [4.78, 5) is 14.8. The van der Waals surface area contributed by atoms with Crippen LogP contribution in [0.5, 0.6) is 0 Å². The lowest BCUT2D eigenvalue weighted by molar-refractivity contribution is -0.136. The second kappa shape index (κ2) is 6.46.